The van der Waals surface area contributed by atoms with Gasteiger partial charge in [0.25, 0.3) is 10.0 Å². The molecule has 0 bridgehead atoms. The predicted octanol–water partition coefficient (Wildman–Crippen LogP) is 2.75. The fourth-order valence-corrected chi connectivity index (χ4v) is 3.75. The molecule has 0 atom stereocenters. The molecule has 0 aliphatic rings. The Hall–Kier alpha value is -1.54. The van der Waals surface area contributed by atoms with E-state index < -0.39 is 10.0 Å². The van der Waals surface area contributed by atoms with Gasteiger partial charge in [0, 0.05) is 17.2 Å². The zero-order valence-electron chi connectivity index (χ0n) is 11.8. The van der Waals surface area contributed by atoms with Gasteiger partial charge in [0.05, 0.1) is 5.69 Å². The van der Waals surface area contributed by atoms with E-state index in [1.807, 2.05) is 26.0 Å². The first-order valence-electron chi connectivity index (χ1n) is 6.45. The van der Waals surface area contributed by atoms with E-state index in [2.05, 4.69) is 25.8 Å². The van der Waals surface area contributed by atoms with Crippen LogP contribution in [0, 0.1) is 6.92 Å². The monoisotopic (exact) mass is 372 g/mol. The number of aromatic nitrogens is 2. The van der Waals surface area contributed by atoms with E-state index in [-0.39, 0.29) is 10.7 Å². The van der Waals surface area contributed by atoms with E-state index in [1.54, 1.807) is 6.07 Å². The van der Waals surface area contributed by atoms with E-state index in [4.69, 9.17) is 5.73 Å². The van der Waals surface area contributed by atoms with Gasteiger partial charge >= 0.3 is 0 Å². The third kappa shape index (κ3) is 3.56. The number of sulfonamides is 1. The van der Waals surface area contributed by atoms with Gasteiger partial charge in [-0.25, -0.2) is 8.42 Å². The normalized spacial score (nSPS) is 11.6. The number of hydrogen-bond donors (Lipinski definition) is 2. The summed E-state index contributed by atoms with van der Waals surface area (Å²) in [7, 11) is -3.77. The van der Waals surface area contributed by atoms with E-state index in [0.29, 0.717) is 16.7 Å². The molecular weight excluding hydrogens is 356 g/mol. The number of hydrogen-bond acceptors (Lipinski definition) is 4. The van der Waals surface area contributed by atoms with Crippen LogP contribution in [-0.4, -0.2) is 18.2 Å². The lowest BCUT2D eigenvalue weighted by Gasteiger charge is -2.09. The molecule has 21 heavy (non-hydrogen) atoms. The highest BCUT2D eigenvalue weighted by Crippen LogP contribution is 2.27. The molecule has 0 aliphatic heterocycles. The largest absolute Gasteiger partial charge is 0.381 e. The molecule has 1 aromatic carbocycles. The molecule has 0 saturated heterocycles. The van der Waals surface area contributed by atoms with Gasteiger partial charge in [0.1, 0.15) is 4.90 Å². The van der Waals surface area contributed by atoms with Crippen LogP contribution in [0.5, 0.6) is 0 Å². The van der Waals surface area contributed by atoms with Crippen LogP contribution < -0.4 is 10.5 Å². The topological polar surface area (TPSA) is 90.0 Å². The van der Waals surface area contributed by atoms with Gasteiger partial charge in [-0.2, -0.15) is 5.10 Å². The lowest BCUT2D eigenvalue weighted by Crippen LogP contribution is -2.14. The SMILES string of the molecule is CCCn1cc(S(=O)(=O)Nc2ccc(C)cc2Br)c(N)n1. The Labute approximate surface area is 132 Å². The Morgan fingerprint density at radius 1 is 1.43 bits per heavy atom. The van der Waals surface area contributed by atoms with Crippen molar-refractivity contribution < 1.29 is 8.42 Å². The maximum absolute atomic E-state index is 12.4. The van der Waals surface area contributed by atoms with Crippen molar-refractivity contribution in [2.75, 3.05) is 10.5 Å². The van der Waals surface area contributed by atoms with Crippen LogP contribution in [0.15, 0.2) is 33.8 Å². The quantitative estimate of drug-likeness (QED) is 0.843. The fraction of sp³-hybridized carbons (Fsp3) is 0.308. The van der Waals surface area contributed by atoms with Crippen molar-refractivity contribution in [2.45, 2.75) is 31.7 Å². The number of anilines is 2. The minimum Gasteiger partial charge on any atom is -0.381 e. The van der Waals surface area contributed by atoms with Crippen molar-refractivity contribution in [3.8, 4) is 0 Å². The molecule has 8 heteroatoms. The number of nitrogens with one attached hydrogen (secondary N) is 1. The summed E-state index contributed by atoms with van der Waals surface area (Å²) in [5, 5.41) is 4.01. The van der Waals surface area contributed by atoms with Crippen LogP contribution in [-0.2, 0) is 16.6 Å². The highest BCUT2D eigenvalue weighted by Gasteiger charge is 2.22. The Balaban J connectivity index is 2.34. The summed E-state index contributed by atoms with van der Waals surface area (Å²) < 4.78 is 29.5. The number of aryl methyl sites for hydroxylation is 2. The van der Waals surface area contributed by atoms with E-state index >= 15 is 0 Å². The number of nitrogen functional groups attached to an aromatic ring is 1. The van der Waals surface area contributed by atoms with E-state index in [0.717, 1.165) is 12.0 Å². The minimum atomic E-state index is -3.77. The zero-order valence-corrected chi connectivity index (χ0v) is 14.2. The van der Waals surface area contributed by atoms with E-state index in [9.17, 15) is 8.42 Å². The summed E-state index contributed by atoms with van der Waals surface area (Å²) in [4.78, 5) is -0.0107. The summed E-state index contributed by atoms with van der Waals surface area (Å²) in [5.41, 5.74) is 7.20. The number of rotatable bonds is 5. The van der Waals surface area contributed by atoms with Crippen LogP contribution in [0.4, 0.5) is 11.5 Å². The summed E-state index contributed by atoms with van der Waals surface area (Å²) in [6, 6.07) is 5.36. The van der Waals surface area contributed by atoms with Crippen LogP contribution >= 0.6 is 15.9 Å². The molecule has 0 amide bonds. The predicted molar refractivity (Wildman–Crippen MR) is 86.6 cm³/mol. The van der Waals surface area contributed by atoms with Crippen LogP contribution in [0.1, 0.15) is 18.9 Å². The Kier molecular flexibility index (Phi) is 4.58. The lowest BCUT2D eigenvalue weighted by atomic mass is 10.2. The molecule has 1 heterocycles. The molecule has 0 aliphatic carbocycles. The maximum atomic E-state index is 12.4. The molecule has 1 aromatic heterocycles. The van der Waals surface area contributed by atoms with Crippen LogP contribution in [0.2, 0.25) is 0 Å². The summed E-state index contributed by atoms with van der Waals surface area (Å²) in [6.45, 7) is 4.53. The highest BCUT2D eigenvalue weighted by atomic mass is 79.9. The molecule has 6 nitrogen and oxygen atoms in total. The third-order valence-electron chi connectivity index (χ3n) is 2.87. The molecule has 0 fully saturated rings. The molecule has 0 saturated carbocycles. The van der Waals surface area contributed by atoms with Gasteiger partial charge in [-0.05, 0) is 47.0 Å². The smallest absolute Gasteiger partial charge is 0.267 e. The molecule has 2 rings (SSSR count). The number of benzene rings is 1. The van der Waals surface area contributed by atoms with Crippen molar-refractivity contribution in [1.82, 2.24) is 9.78 Å². The van der Waals surface area contributed by atoms with Crippen molar-refractivity contribution in [1.29, 1.82) is 0 Å². The first-order valence-corrected chi connectivity index (χ1v) is 8.73. The van der Waals surface area contributed by atoms with Gasteiger partial charge in [-0.15, -0.1) is 0 Å². The summed E-state index contributed by atoms with van der Waals surface area (Å²) >= 11 is 3.34. The number of halogens is 1. The van der Waals surface area contributed by atoms with Crippen molar-refractivity contribution >= 4 is 37.5 Å². The Morgan fingerprint density at radius 3 is 2.76 bits per heavy atom. The van der Waals surface area contributed by atoms with Gasteiger partial charge in [0.15, 0.2) is 5.82 Å². The zero-order chi connectivity index (χ0) is 15.6. The second kappa shape index (κ2) is 6.07. The van der Waals surface area contributed by atoms with Crippen LogP contribution in [0.3, 0.4) is 0 Å². The second-order valence-corrected chi connectivity index (χ2v) is 7.24. The molecule has 0 radical (unpaired) electrons. The van der Waals surface area contributed by atoms with E-state index in [1.165, 1.54) is 10.9 Å². The summed E-state index contributed by atoms with van der Waals surface area (Å²) in [5.74, 6) is -0.000755. The molecule has 0 spiro atoms. The standard InChI is InChI=1S/C13H17BrN4O2S/c1-3-6-18-8-12(13(15)16-18)21(19,20)17-11-5-4-9(2)7-10(11)14/h4-5,7-8,17H,3,6H2,1-2H3,(H2,15,16). The first kappa shape index (κ1) is 15.8. The average Bonchev–Trinajstić information content (AvgIpc) is 2.75. The second-order valence-electron chi connectivity index (χ2n) is 4.73. The molecular formula is C13H17BrN4O2S. The highest BCUT2D eigenvalue weighted by molar-refractivity contribution is 9.10. The first-order chi connectivity index (χ1) is 9.83. The third-order valence-corrected chi connectivity index (χ3v) is 4.90. The Morgan fingerprint density at radius 2 is 2.14 bits per heavy atom. The van der Waals surface area contributed by atoms with Crippen molar-refractivity contribution in [3.63, 3.8) is 0 Å². The lowest BCUT2D eigenvalue weighted by molar-refractivity contribution is 0.595. The number of nitrogens with zero attached hydrogens (tertiary/aromatic N) is 2. The van der Waals surface area contributed by atoms with Crippen molar-refractivity contribution in [3.05, 3.63) is 34.4 Å². The molecule has 114 valence electrons. The van der Waals surface area contributed by atoms with Crippen molar-refractivity contribution in [2.24, 2.45) is 0 Å². The molecule has 0 unspecified atom stereocenters. The fourth-order valence-electron chi connectivity index (χ4n) is 1.87. The van der Waals surface area contributed by atoms with Gasteiger partial charge in [-0.1, -0.05) is 13.0 Å². The average molecular weight is 373 g/mol. The van der Waals surface area contributed by atoms with Gasteiger partial charge in [0.2, 0.25) is 0 Å². The molecule has 3 N–H and O–H groups in total. The molecule has 2 aromatic rings. The minimum absolute atomic E-state index is 0.000755. The van der Waals surface area contributed by atoms with Gasteiger partial charge < -0.3 is 5.73 Å². The Bertz CT molecular complexity index is 756. The summed E-state index contributed by atoms with van der Waals surface area (Å²) in [6.07, 6.45) is 2.29. The van der Waals surface area contributed by atoms with Crippen LogP contribution in [0.25, 0.3) is 0 Å². The maximum Gasteiger partial charge on any atom is 0.267 e. The van der Waals surface area contributed by atoms with Gasteiger partial charge in [-0.3, -0.25) is 9.40 Å². The number of nitrogens with two attached hydrogens (primary N) is 1.